The van der Waals surface area contributed by atoms with Crippen LogP contribution in [-0.2, 0) is 9.31 Å². The van der Waals surface area contributed by atoms with Crippen molar-refractivity contribution in [3.63, 3.8) is 0 Å². The monoisotopic (exact) mass is 426 g/mol. The van der Waals surface area contributed by atoms with Crippen molar-refractivity contribution in [1.82, 2.24) is 0 Å². The first-order valence-corrected chi connectivity index (χ1v) is 11.6. The molecule has 31 heavy (non-hydrogen) atoms. The van der Waals surface area contributed by atoms with Crippen LogP contribution >= 0.6 is 11.3 Å². The molecule has 0 amide bonds. The van der Waals surface area contributed by atoms with Crippen LogP contribution in [0.5, 0.6) is 0 Å². The van der Waals surface area contributed by atoms with Gasteiger partial charge in [-0.25, -0.2) is 0 Å². The molecule has 3 aromatic carbocycles. The summed E-state index contributed by atoms with van der Waals surface area (Å²) >= 11 is 1.84. The molecule has 0 aliphatic carbocycles. The fourth-order valence-corrected chi connectivity index (χ4v) is 5.36. The smallest absolute Gasteiger partial charge is 0.399 e. The minimum absolute atomic E-state index is 0.358. The largest absolute Gasteiger partial charge is 0.495 e. The van der Waals surface area contributed by atoms with Gasteiger partial charge in [0.2, 0.25) is 0 Å². The molecule has 1 saturated heterocycles. The number of fused-ring (bicyclic) bond motifs is 3. The number of benzene rings is 3. The van der Waals surface area contributed by atoms with Gasteiger partial charge < -0.3 is 9.31 Å². The Hall–Kier alpha value is -2.40. The molecular formula is C27H27BO2S. The van der Waals surface area contributed by atoms with Crippen molar-refractivity contribution in [2.75, 3.05) is 0 Å². The van der Waals surface area contributed by atoms with Crippen LogP contribution in [-0.4, -0.2) is 18.3 Å². The summed E-state index contributed by atoms with van der Waals surface area (Å²) in [5, 5.41) is 3.76. The molecule has 1 fully saturated rings. The van der Waals surface area contributed by atoms with Gasteiger partial charge in [0.1, 0.15) is 0 Å². The van der Waals surface area contributed by atoms with Gasteiger partial charge in [-0.1, -0.05) is 66.7 Å². The van der Waals surface area contributed by atoms with Gasteiger partial charge >= 0.3 is 7.12 Å². The second-order valence-corrected chi connectivity index (χ2v) is 10.5. The van der Waals surface area contributed by atoms with Crippen LogP contribution in [0.15, 0.2) is 60.7 Å². The molecule has 2 heterocycles. The Morgan fingerprint density at radius 3 is 2.10 bits per heavy atom. The zero-order chi connectivity index (χ0) is 21.8. The minimum Gasteiger partial charge on any atom is -0.399 e. The maximum Gasteiger partial charge on any atom is 0.495 e. The lowest BCUT2D eigenvalue weighted by Crippen LogP contribution is -2.41. The first-order valence-electron chi connectivity index (χ1n) is 10.8. The molecular weight excluding hydrogens is 399 g/mol. The van der Waals surface area contributed by atoms with Gasteiger partial charge in [-0.2, -0.15) is 0 Å². The molecule has 0 unspecified atom stereocenters. The highest BCUT2D eigenvalue weighted by atomic mass is 32.1. The highest BCUT2D eigenvalue weighted by Crippen LogP contribution is 2.40. The van der Waals surface area contributed by atoms with Gasteiger partial charge in [-0.15, -0.1) is 11.3 Å². The van der Waals surface area contributed by atoms with E-state index in [0.717, 1.165) is 5.46 Å². The number of thiophene rings is 1. The van der Waals surface area contributed by atoms with Gasteiger partial charge in [0.15, 0.2) is 0 Å². The molecule has 1 aromatic heterocycles. The SMILES string of the molecule is Cc1sc2cc(B3OC(C)(C)C(C)(C)O3)c3ccccc3c2c1/C=C\c1ccccc1. The summed E-state index contributed by atoms with van der Waals surface area (Å²) in [6.07, 6.45) is 4.45. The number of hydrogen-bond donors (Lipinski definition) is 0. The molecule has 0 atom stereocenters. The third-order valence-corrected chi connectivity index (χ3v) is 7.77. The molecule has 2 nitrogen and oxygen atoms in total. The van der Waals surface area contributed by atoms with Gasteiger partial charge in [-0.3, -0.25) is 0 Å². The maximum atomic E-state index is 6.42. The second-order valence-electron chi connectivity index (χ2n) is 9.29. The Bertz CT molecular complexity index is 1290. The van der Waals surface area contributed by atoms with E-state index in [9.17, 15) is 0 Å². The molecule has 0 spiro atoms. The molecule has 4 aromatic rings. The van der Waals surface area contributed by atoms with E-state index in [1.807, 2.05) is 17.4 Å². The van der Waals surface area contributed by atoms with Crippen LogP contribution < -0.4 is 5.46 Å². The van der Waals surface area contributed by atoms with Gasteiger partial charge in [0.05, 0.1) is 11.2 Å². The third-order valence-electron chi connectivity index (χ3n) is 6.70. The predicted octanol–water partition coefficient (Wildman–Crippen LogP) is 6.83. The third kappa shape index (κ3) is 3.43. The number of aryl methyl sites for hydroxylation is 1. The fourth-order valence-electron chi connectivity index (χ4n) is 4.24. The Morgan fingerprint density at radius 2 is 1.42 bits per heavy atom. The first kappa shape index (κ1) is 20.5. The summed E-state index contributed by atoms with van der Waals surface area (Å²) in [4.78, 5) is 1.32. The normalized spacial score (nSPS) is 17.9. The molecule has 0 radical (unpaired) electrons. The summed E-state index contributed by atoms with van der Waals surface area (Å²) in [6.45, 7) is 10.6. The van der Waals surface area contributed by atoms with Crippen LogP contribution in [0.1, 0.15) is 43.7 Å². The molecule has 4 heteroatoms. The van der Waals surface area contributed by atoms with E-state index in [1.54, 1.807) is 0 Å². The number of rotatable bonds is 3. The van der Waals surface area contributed by atoms with E-state index in [0.29, 0.717) is 0 Å². The molecule has 0 N–H and O–H groups in total. The Labute approximate surface area is 188 Å². The van der Waals surface area contributed by atoms with E-state index in [4.69, 9.17) is 9.31 Å². The van der Waals surface area contributed by atoms with Crippen LogP contribution in [0.25, 0.3) is 33.0 Å². The molecule has 156 valence electrons. The fraction of sp³-hybridized carbons (Fsp3) is 0.259. The Balaban J connectivity index is 1.69. The quantitative estimate of drug-likeness (QED) is 0.334. The van der Waals surface area contributed by atoms with E-state index in [1.165, 1.54) is 36.9 Å². The highest BCUT2D eigenvalue weighted by Gasteiger charge is 2.52. The van der Waals surface area contributed by atoms with Crippen molar-refractivity contribution in [2.24, 2.45) is 0 Å². The van der Waals surface area contributed by atoms with E-state index >= 15 is 0 Å². The Kier molecular flexibility index (Phi) is 4.85. The first-order chi connectivity index (χ1) is 14.8. The lowest BCUT2D eigenvalue weighted by molar-refractivity contribution is 0.00578. The van der Waals surface area contributed by atoms with Crippen LogP contribution in [0.4, 0.5) is 0 Å². The Morgan fingerprint density at radius 1 is 0.806 bits per heavy atom. The standard InChI is InChI=1S/C27H27BO2S/c1-18-20(16-15-19-11-7-6-8-12-19)25-22-14-10-9-13-21(22)23(17-24(25)31-18)28-29-26(2,3)27(4,5)30-28/h6-17H,1-5H3/b16-15-. The van der Waals surface area contributed by atoms with Crippen LogP contribution in [0.3, 0.4) is 0 Å². The van der Waals surface area contributed by atoms with Crippen molar-refractivity contribution in [1.29, 1.82) is 0 Å². The average Bonchev–Trinajstić information content (AvgIpc) is 3.17. The molecule has 1 aliphatic heterocycles. The number of hydrogen-bond acceptors (Lipinski definition) is 3. The lowest BCUT2D eigenvalue weighted by atomic mass is 9.75. The van der Waals surface area contributed by atoms with Crippen LogP contribution in [0.2, 0.25) is 0 Å². The van der Waals surface area contributed by atoms with Crippen molar-refractivity contribution >= 4 is 56.9 Å². The zero-order valence-electron chi connectivity index (χ0n) is 18.7. The van der Waals surface area contributed by atoms with Gasteiger partial charge in [-0.05, 0) is 68.0 Å². The van der Waals surface area contributed by atoms with E-state index < -0.39 is 0 Å². The van der Waals surface area contributed by atoms with Crippen molar-refractivity contribution in [3.8, 4) is 0 Å². The van der Waals surface area contributed by atoms with Crippen molar-refractivity contribution in [3.05, 3.63) is 76.7 Å². The van der Waals surface area contributed by atoms with E-state index in [2.05, 4.69) is 101 Å². The topological polar surface area (TPSA) is 18.5 Å². The molecule has 1 aliphatic rings. The van der Waals surface area contributed by atoms with Crippen LogP contribution in [0, 0.1) is 6.92 Å². The van der Waals surface area contributed by atoms with Gasteiger partial charge in [0, 0.05) is 15.0 Å². The highest BCUT2D eigenvalue weighted by molar-refractivity contribution is 7.19. The molecule has 0 bridgehead atoms. The summed E-state index contributed by atoms with van der Waals surface area (Å²) in [6, 6.07) is 21.4. The predicted molar refractivity (Wildman–Crippen MR) is 135 cm³/mol. The summed E-state index contributed by atoms with van der Waals surface area (Å²) in [7, 11) is -0.370. The molecule has 0 saturated carbocycles. The van der Waals surface area contributed by atoms with Crippen molar-refractivity contribution in [2.45, 2.75) is 45.8 Å². The van der Waals surface area contributed by atoms with E-state index in [-0.39, 0.29) is 18.3 Å². The average molecular weight is 426 g/mol. The lowest BCUT2D eigenvalue weighted by Gasteiger charge is -2.32. The molecule has 5 rings (SSSR count). The summed E-state index contributed by atoms with van der Waals surface area (Å²) < 4.78 is 14.1. The summed E-state index contributed by atoms with van der Waals surface area (Å²) in [5.41, 5.74) is 2.90. The van der Waals surface area contributed by atoms with Gasteiger partial charge in [0.25, 0.3) is 0 Å². The summed E-state index contributed by atoms with van der Waals surface area (Å²) in [5.74, 6) is 0. The minimum atomic E-state index is -0.370. The zero-order valence-corrected chi connectivity index (χ0v) is 19.5. The van der Waals surface area contributed by atoms with Crippen molar-refractivity contribution < 1.29 is 9.31 Å². The maximum absolute atomic E-state index is 6.42. The second kappa shape index (κ2) is 7.34.